The Bertz CT molecular complexity index is 557. The van der Waals surface area contributed by atoms with Crippen molar-refractivity contribution in [3.8, 4) is 5.75 Å². The molecule has 1 atom stereocenters. The molecule has 5 nitrogen and oxygen atoms in total. The standard InChI is InChI=1S/C13H20N2O3S/c1-3-10-6-7-15(9-10)19(16,17)11-4-5-13(18-2)12(14)8-11/h4-5,8,10H,3,6-7,9,14H2,1-2H3. The van der Waals surface area contributed by atoms with Crippen molar-refractivity contribution in [3.05, 3.63) is 18.2 Å². The van der Waals surface area contributed by atoms with Gasteiger partial charge in [0.1, 0.15) is 5.75 Å². The van der Waals surface area contributed by atoms with E-state index in [1.807, 2.05) is 0 Å². The SMILES string of the molecule is CCC1CCN(S(=O)(=O)c2ccc(OC)c(N)c2)C1. The summed E-state index contributed by atoms with van der Waals surface area (Å²) in [6.45, 7) is 3.28. The van der Waals surface area contributed by atoms with Gasteiger partial charge in [0.25, 0.3) is 0 Å². The molecule has 1 unspecified atom stereocenters. The molecule has 1 aromatic rings. The van der Waals surface area contributed by atoms with Crippen molar-refractivity contribution in [2.75, 3.05) is 25.9 Å². The fraction of sp³-hybridized carbons (Fsp3) is 0.538. The molecule has 2 N–H and O–H groups in total. The van der Waals surface area contributed by atoms with Gasteiger partial charge in [-0.05, 0) is 30.5 Å². The van der Waals surface area contributed by atoms with E-state index in [1.54, 1.807) is 16.4 Å². The van der Waals surface area contributed by atoms with Crippen molar-refractivity contribution in [1.82, 2.24) is 4.31 Å². The van der Waals surface area contributed by atoms with Gasteiger partial charge in [-0.1, -0.05) is 13.3 Å². The molecule has 0 radical (unpaired) electrons. The fourth-order valence-electron chi connectivity index (χ4n) is 2.37. The van der Waals surface area contributed by atoms with E-state index in [9.17, 15) is 8.42 Å². The zero-order chi connectivity index (χ0) is 14.0. The van der Waals surface area contributed by atoms with Crippen LogP contribution in [0.2, 0.25) is 0 Å². The minimum Gasteiger partial charge on any atom is -0.495 e. The number of nitrogens with two attached hydrogens (primary N) is 1. The number of nitrogens with zero attached hydrogens (tertiary/aromatic N) is 1. The average Bonchev–Trinajstić information content (AvgIpc) is 2.88. The molecule has 0 aliphatic carbocycles. The summed E-state index contributed by atoms with van der Waals surface area (Å²) in [7, 11) is -1.93. The third-order valence-corrected chi connectivity index (χ3v) is 5.53. The number of rotatable bonds is 4. The van der Waals surface area contributed by atoms with E-state index < -0.39 is 10.0 Å². The van der Waals surface area contributed by atoms with Crippen molar-refractivity contribution in [2.45, 2.75) is 24.7 Å². The number of sulfonamides is 1. The highest BCUT2D eigenvalue weighted by Crippen LogP contribution is 2.29. The molecule has 1 saturated heterocycles. The van der Waals surface area contributed by atoms with E-state index in [4.69, 9.17) is 10.5 Å². The molecule has 0 bridgehead atoms. The van der Waals surface area contributed by atoms with Crippen LogP contribution in [0.25, 0.3) is 0 Å². The Morgan fingerprint density at radius 3 is 2.74 bits per heavy atom. The summed E-state index contributed by atoms with van der Waals surface area (Å²) >= 11 is 0. The van der Waals surface area contributed by atoms with Gasteiger partial charge in [-0.25, -0.2) is 8.42 Å². The first-order valence-electron chi connectivity index (χ1n) is 6.42. The molecule has 0 aromatic heterocycles. The number of nitrogen functional groups attached to an aromatic ring is 1. The van der Waals surface area contributed by atoms with Crippen LogP contribution in [-0.2, 0) is 10.0 Å². The van der Waals surface area contributed by atoms with Gasteiger partial charge in [0.05, 0.1) is 17.7 Å². The van der Waals surface area contributed by atoms with Crippen molar-refractivity contribution >= 4 is 15.7 Å². The van der Waals surface area contributed by atoms with Gasteiger partial charge >= 0.3 is 0 Å². The Balaban J connectivity index is 2.27. The average molecular weight is 284 g/mol. The highest BCUT2D eigenvalue weighted by molar-refractivity contribution is 7.89. The maximum absolute atomic E-state index is 12.5. The van der Waals surface area contributed by atoms with Gasteiger partial charge in [0.15, 0.2) is 0 Å². The van der Waals surface area contributed by atoms with Gasteiger partial charge in [-0.3, -0.25) is 0 Å². The minimum atomic E-state index is -3.43. The summed E-state index contributed by atoms with van der Waals surface area (Å²) in [6.07, 6.45) is 1.94. The van der Waals surface area contributed by atoms with Crippen molar-refractivity contribution in [1.29, 1.82) is 0 Å². The lowest BCUT2D eigenvalue weighted by Gasteiger charge is -2.17. The first-order chi connectivity index (χ1) is 8.98. The number of methoxy groups -OCH3 is 1. The van der Waals surface area contributed by atoms with Gasteiger partial charge < -0.3 is 10.5 Å². The highest BCUT2D eigenvalue weighted by atomic mass is 32.2. The summed E-state index contributed by atoms with van der Waals surface area (Å²) in [5, 5.41) is 0. The Hall–Kier alpha value is -1.27. The monoisotopic (exact) mass is 284 g/mol. The molecule has 106 valence electrons. The lowest BCUT2D eigenvalue weighted by Crippen LogP contribution is -2.28. The van der Waals surface area contributed by atoms with E-state index in [0.29, 0.717) is 30.4 Å². The number of benzene rings is 1. The third kappa shape index (κ3) is 2.69. The number of hydrogen-bond donors (Lipinski definition) is 1. The molecule has 1 fully saturated rings. The van der Waals surface area contributed by atoms with Crippen LogP contribution in [0.1, 0.15) is 19.8 Å². The third-order valence-electron chi connectivity index (χ3n) is 3.66. The Kier molecular flexibility index (Phi) is 4.01. The minimum absolute atomic E-state index is 0.238. The zero-order valence-electron chi connectivity index (χ0n) is 11.3. The Morgan fingerprint density at radius 1 is 1.47 bits per heavy atom. The molecule has 1 heterocycles. The first kappa shape index (κ1) is 14.1. The predicted molar refractivity (Wildman–Crippen MR) is 74.6 cm³/mol. The quantitative estimate of drug-likeness (QED) is 0.854. The molecule has 19 heavy (non-hydrogen) atoms. The van der Waals surface area contributed by atoms with E-state index in [0.717, 1.165) is 12.8 Å². The lowest BCUT2D eigenvalue weighted by molar-refractivity contribution is 0.416. The molecule has 6 heteroatoms. The molecule has 1 aromatic carbocycles. The fourth-order valence-corrected chi connectivity index (χ4v) is 3.94. The highest BCUT2D eigenvalue weighted by Gasteiger charge is 2.31. The van der Waals surface area contributed by atoms with Crippen LogP contribution in [0.15, 0.2) is 23.1 Å². The number of hydrogen-bond acceptors (Lipinski definition) is 4. The topological polar surface area (TPSA) is 72.6 Å². The summed E-state index contributed by atoms with van der Waals surface area (Å²) in [4.78, 5) is 0.238. The van der Waals surface area contributed by atoms with Crippen LogP contribution < -0.4 is 10.5 Å². The van der Waals surface area contributed by atoms with Gasteiger partial charge in [0, 0.05) is 13.1 Å². The predicted octanol–water partition coefficient (Wildman–Crippen LogP) is 1.70. The zero-order valence-corrected chi connectivity index (χ0v) is 12.1. The van der Waals surface area contributed by atoms with Crippen LogP contribution in [0.5, 0.6) is 5.75 Å². The van der Waals surface area contributed by atoms with Crippen molar-refractivity contribution < 1.29 is 13.2 Å². The summed E-state index contributed by atoms with van der Waals surface area (Å²) in [5.41, 5.74) is 6.12. The Labute approximate surface area is 114 Å². The number of ether oxygens (including phenoxy) is 1. The van der Waals surface area contributed by atoms with Gasteiger partial charge in [-0.15, -0.1) is 0 Å². The Morgan fingerprint density at radius 2 is 2.21 bits per heavy atom. The maximum atomic E-state index is 12.5. The van der Waals surface area contributed by atoms with Gasteiger partial charge in [0.2, 0.25) is 10.0 Å². The maximum Gasteiger partial charge on any atom is 0.243 e. The molecule has 0 saturated carbocycles. The van der Waals surface area contributed by atoms with Crippen LogP contribution in [0.3, 0.4) is 0 Å². The van der Waals surface area contributed by atoms with Crippen LogP contribution >= 0.6 is 0 Å². The molecule has 1 aliphatic heterocycles. The van der Waals surface area contributed by atoms with Crippen LogP contribution in [0, 0.1) is 5.92 Å². The summed E-state index contributed by atoms with van der Waals surface area (Å²) < 4.78 is 31.5. The second kappa shape index (κ2) is 5.38. The summed E-state index contributed by atoms with van der Waals surface area (Å²) in [6, 6.07) is 4.60. The second-order valence-corrected chi connectivity index (χ2v) is 6.77. The van der Waals surface area contributed by atoms with Crippen LogP contribution in [0.4, 0.5) is 5.69 Å². The van der Waals surface area contributed by atoms with E-state index >= 15 is 0 Å². The van der Waals surface area contributed by atoms with E-state index in [1.165, 1.54) is 13.2 Å². The molecule has 0 amide bonds. The molecule has 2 rings (SSSR count). The second-order valence-electron chi connectivity index (χ2n) is 4.83. The largest absolute Gasteiger partial charge is 0.495 e. The van der Waals surface area contributed by atoms with Crippen LogP contribution in [-0.4, -0.2) is 32.9 Å². The van der Waals surface area contributed by atoms with E-state index in [-0.39, 0.29) is 4.90 Å². The lowest BCUT2D eigenvalue weighted by atomic mass is 10.1. The molecular weight excluding hydrogens is 264 g/mol. The van der Waals surface area contributed by atoms with Crippen molar-refractivity contribution in [3.63, 3.8) is 0 Å². The van der Waals surface area contributed by atoms with Crippen molar-refractivity contribution in [2.24, 2.45) is 5.92 Å². The smallest absolute Gasteiger partial charge is 0.243 e. The van der Waals surface area contributed by atoms with E-state index in [2.05, 4.69) is 6.92 Å². The molecular formula is C13H20N2O3S. The number of anilines is 1. The first-order valence-corrected chi connectivity index (χ1v) is 7.86. The summed E-state index contributed by atoms with van der Waals surface area (Å²) in [5.74, 6) is 0.956. The molecule has 1 aliphatic rings. The van der Waals surface area contributed by atoms with Gasteiger partial charge in [-0.2, -0.15) is 4.31 Å². The molecule has 0 spiro atoms. The normalized spacial score (nSPS) is 20.6.